The van der Waals surface area contributed by atoms with E-state index in [1.54, 1.807) is 0 Å². The number of esters is 1. The minimum Gasteiger partial charge on any atom is -0.462 e. The molecule has 15 heavy (non-hydrogen) atoms. The second-order valence-corrected chi connectivity index (χ2v) is 3.11. The van der Waals surface area contributed by atoms with E-state index < -0.39 is 5.97 Å². The van der Waals surface area contributed by atoms with Crippen LogP contribution in [0, 0.1) is 0 Å². The maximum Gasteiger partial charge on any atom is 0.339 e. The van der Waals surface area contributed by atoms with E-state index in [0.717, 1.165) is 12.8 Å². The molecule has 4 nitrogen and oxygen atoms in total. The molecule has 1 rings (SSSR count). The number of aromatic nitrogens is 1. The molecule has 1 aromatic rings. The normalized spacial score (nSPS) is 9.67. The predicted molar refractivity (Wildman–Crippen MR) is 54.8 cm³/mol. The van der Waals surface area contributed by atoms with Crippen LogP contribution in [0.3, 0.4) is 0 Å². The van der Waals surface area contributed by atoms with Crippen molar-refractivity contribution in [3.63, 3.8) is 0 Å². The van der Waals surface area contributed by atoms with E-state index in [-0.39, 0.29) is 0 Å². The molecule has 0 saturated carbocycles. The Morgan fingerprint density at radius 3 is 3.00 bits per heavy atom. The Bertz CT molecular complexity index is 349. The fourth-order valence-corrected chi connectivity index (χ4v) is 1.03. The number of aldehydes is 1. The Hall–Kier alpha value is -1.71. The zero-order valence-electron chi connectivity index (χ0n) is 8.60. The van der Waals surface area contributed by atoms with Gasteiger partial charge in [0, 0.05) is 18.0 Å². The van der Waals surface area contributed by atoms with E-state index in [9.17, 15) is 9.59 Å². The molecule has 0 fully saturated rings. The monoisotopic (exact) mass is 207 g/mol. The van der Waals surface area contributed by atoms with Crippen molar-refractivity contribution in [1.82, 2.24) is 4.98 Å². The summed E-state index contributed by atoms with van der Waals surface area (Å²) in [4.78, 5) is 25.6. The van der Waals surface area contributed by atoms with Crippen molar-refractivity contribution in [2.75, 3.05) is 6.61 Å². The molecule has 0 amide bonds. The second-order valence-electron chi connectivity index (χ2n) is 3.11. The van der Waals surface area contributed by atoms with Gasteiger partial charge < -0.3 is 4.74 Å². The first-order valence-electron chi connectivity index (χ1n) is 4.85. The van der Waals surface area contributed by atoms with Crippen molar-refractivity contribution < 1.29 is 14.3 Å². The highest BCUT2D eigenvalue weighted by molar-refractivity contribution is 5.91. The maximum absolute atomic E-state index is 11.4. The van der Waals surface area contributed by atoms with Crippen LogP contribution in [0.5, 0.6) is 0 Å². The molecule has 1 aromatic heterocycles. The van der Waals surface area contributed by atoms with Gasteiger partial charge in [-0.25, -0.2) is 4.79 Å². The van der Waals surface area contributed by atoms with E-state index in [0.29, 0.717) is 24.0 Å². The smallest absolute Gasteiger partial charge is 0.339 e. The van der Waals surface area contributed by atoms with Crippen LogP contribution in [0.2, 0.25) is 0 Å². The summed E-state index contributed by atoms with van der Waals surface area (Å²) in [5.74, 6) is -0.431. The molecule has 0 aliphatic carbocycles. The van der Waals surface area contributed by atoms with Crippen LogP contribution in [0.15, 0.2) is 18.5 Å². The third kappa shape index (κ3) is 3.50. The standard InChI is InChI=1S/C11H13NO3/c1-2-3-4-15-11(14)10-5-9(8-13)6-12-7-10/h5-8H,2-4H2,1H3. The minimum atomic E-state index is -0.431. The summed E-state index contributed by atoms with van der Waals surface area (Å²) in [6.45, 7) is 2.42. The maximum atomic E-state index is 11.4. The van der Waals surface area contributed by atoms with Gasteiger partial charge in [0.1, 0.15) is 0 Å². The number of hydrogen-bond donors (Lipinski definition) is 0. The molecule has 0 spiro atoms. The highest BCUT2D eigenvalue weighted by atomic mass is 16.5. The Balaban J connectivity index is 2.61. The van der Waals surface area contributed by atoms with Gasteiger partial charge in [-0.15, -0.1) is 0 Å². The van der Waals surface area contributed by atoms with E-state index in [4.69, 9.17) is 4.74 Å². The lowest BCUT2D eigenvalue weighted by molar-refractivity contribution is 0.0499. The zero-order chi connectivity index (χ0) is 11.1. The summed E-state index contributed by atoms with van der Waals surface area (Å²) in [5, 5.41) is 0. The summed E-state index contributed by atoms with van der Waals surface area (Å²) in [6, 6.07) is 1.47. The van der Waals surface area contributed by atoms with Gasteiger partial charge in [0.15, 0.2) is 6.29 Å². The molecule has 0 radical (unpaired) electrons. The van der Waals surface area contributed by atoms with Gasteiger partial charge in [-0.1, -0.05) is 13.3 Å². The van der Waals surface area contributed by atoms with E-state index in [1.807, 2.05) is 6.92 Å². The van der Waals surface area contributed by atoms with Gasteiger partial charge in [-0.2, -0.15) is 0 Å². The van der Waals surface area contributed by atoms with E-state index in [2.05, 4.69) is 4.98 Å². The van der Waals surface area contributed by atoms with Crippen LogP contribution >= 0.6 is 0 Å². The van der Waals surface area contributed by atoms with Gasteiger partial charge in [0.05, 0.1) is 12.2 Å². The molecular formula is C11H13NO3. The number of ether oxygens (including phenoxy) is 1. The number of carbonyl (C=O) groups is 2. The van der Waals surface area contributed by atoms with E-state index >= 15 is 0 Å². The van der Waals surface area contributed by atoms with Crippen molar-refractivity contribution in [3.05, 3.63) is 29.6 Å². The quantitative estimate of drug-likeness (QED) is 0.420. The average Bonchev–Trinajstić information content (AvgIpc) is 2.29. The number of unbranched alkanes of at least 4 members (excludes halogenated alkanes) is 1. The molecule has 0 aromatic carbocycles. The van der Waals surface area contributed by atoms with E-state index in [1.165, 1.54) is 18.5 Å². The van der Waals surface area contributed by atoms with Crippen molar-refractivity contribution in [2.24, 2.45) is 0 Å². The largest absolute Gasteiger partial charge is 0.462 e. The lowest BCUT2D eigenvalue weighted by atomic mass is 10.2. The average molecular weight is 207 g/mol. The van der Waals surface area contributed by atoms with Gasteiger partial charge in [0.25, 0.3) is 0 Å². The molecule has 80 valence electrons. The number of nitrogens with zero attached hydrogens (tertiary/aromatic N) is 1. The second kappa shape index (κ2) is 5.90. The molecule has 4 heteroatoms. The Kier molecular flexibility index (Phi) is 4.47. The molecule has 0 N–H and O–H groups in total. The molecular weight excluding hydrogens is 194 g/mol. The number of carbonyl (C=O) groups excluding carboxylic acids is 2. The van der Waals surface area contributed by atoms with Gasteiger partial charge >= 0.3 is 5.97 Å². The highest BCUT2D eigenvalue weighted by Crippen LogP contribution is 2.03. The molecule has 0 bridgehead atoms. The minimum absolute atomic E-state index is 0.315. The summed E-state index contributed by atoms with van der Waals surface area (Å²) < 4.78 is 4.97. The molecule has 0 aliphatic rings. The first-order chi connectivity index (χ1) is 7.27. The third-order valence-electron chi connectivity index (χ3n) is 1.86. The first-order valence-corrected chi connectivity index (χ1v) is 4.85. The van der Waals surface area contributed by atoms with Gasteiger partial charge in [-0.05, 0) is 12.5 Å². The molecule has 0 unspecified atom stereocenters. The lowest BCUT2D eigenvalue weighted by Gasteiger charge is -2.03. The van der Waals surface area contributed by atoms with Crippen molar-refractivity contribution in [2.45, 2.75) is 19.8 Å². The van der Waals surface area contributed by atoms with Crippen LogP contribution in [0.25, 0.3) is 0 Å². The Morgan fingerprint density at radius 2 is 2.33 bits per heavy atom. The third-order valence-corrected chi connectivity index (χ3v) is 1.86. The zero-order valence-corrected chi connectivity index (χ0v) is 8.60. The Morgan fingerprint density at radius 1 is 1.53 bits per heavy atom. The topological polar surface area (TPSA) is 56.3 Å². The SMILES string of the molecule is CCCCOC(=O)c1cncc(C=O)c1. The van der Waals surface area contributed by atoms with Gasteiger partial charge in [-0.3, -0.25) is 9.78 Å². The van der Waals surface area contributed by atoms with Crippen molar-refractivity contribution in [3.8, 4) is 0 Å². The molecule has 0 saturated heterocycles. The lowest BCUT2D eigenvalue weighted by Crippen LogP contribution is -2.07. The molecule has 0 aliphatic heterocycles. The Labute approximate surface area is 88.3 Å². The fraction of sp³-hybridized carbons (Fsp3) is 0.364. The van der Waals surface area contributed by atoms with Crippen molar-refractivity contribution >= 4 is 12.3 Å². The fourth-order valence-electron chi connectivity index (χ4n) is 1.03. The van der Waals surface area contributed by atoms with Crippen LogP contribution in [-0.4, -0.2) is 23.8 Å². The van der Waals surface area contributed by atoms with Crippen molar-refractivity contribution in [1.29, 1.82) is 0 Å². The predicted octanol–water partition coefficient (Wildman–Crippen LogP) is 1.85. The van der Waals surface area contributed by atoms with Crippen LogP contribution in [0.4, 0.5) is 0 Å². The molecule has 1 heterocycles. The van der Waals surface area contributed by atoms with Gasteiger partial charge in [0.2, 0.25) is 0 Å². The summed E-state index contributed by atoms with van der Waals surface area (Å²) in [6.07, 6.45) is 5.25. The number of pyridine rings is 1. The number of rotatable bonds is 5. The summed E-state index contributed by atoms with van der Waals surface area (Å²) >= 11 is 0. The summed E-state index contributed by atoms with van der Waals surface area (Å²) in [7, 11) is 0. The van der Waals surface area contributed by atoms with Crippen LogP contribution in [-0.2, 0) is 4.74 Å². The first kappa shape index (κ1) is 11.4. The van der Waals surface area contributed by atoms with Crippen LogP contribution < -0.4 is 0 Å². The molecule has 0 atom stereocenters. The highest BCUT2D eigenvalue weighted by Gasteiger charge is 2.07. The number of hydrogen-bond acceptors (Lipinski definition) is 4. The van der Waals surface area contributed by atoms with Crippen LogP contribution in [0.1, 0.15) is 40.5 Å². The summed E-state index contributed by atoms with van der Waals surface area (Å²) in [5.41, 5.74) is 0.690.